The summed E-state index contributed by atoms with van der Waals surface area (Å²) in [4.78, 5) is 0. The molecule has 94 valence electrons. The summed E-state index contributed by atoms with van der Waals surface area (Å²) in [5.41, 5.74) is 6.98. The molecular weight excluding hydrogens is 238 g/mol. The average molecular weight is 256 g/mol. The topological polar surface area (TPSA) is 44.5 Å². The minimum Gasteiger partial charge on any atom is -0.495 e. The normalized spacial score (nSPS) is 21.5. The van der Waals surface area contributed by atoms with Crippen molar-refractivity contribution in [3.63, 3.8) is 0 Å². The van der Waals surface area contributed by atoms with Crippen molar-refractivity contribution < 1.29 is 9.47 Å². The van der Waals surface area contributed by atoms with Crippen molar-refractivity contribution in [2.75, 3.05) is 20.3 Å². The fourth-order valence-electron chi connectivity index (χ4n) is 2.34. The Bertz CT molecular complexity index is 378. The molecule has 0 aromatic heterocycles. The van der Waals surface area contributed by atoms with Crippen molar-refractivity contribution in [3.05, 3.63) is 28.8 Å². The predicted molar refractivity (Wildman–Crippen MR) is 68.8 cm³/mol. The first kappa shape index (κ1) is 12.7. The Hall–Kier alpha value is -0.770. The van der Waals surface area contributed by atoms with E-state index in [4.69, 9.17) is 26.8 Å². The van der Waals surface area contributed by atoms with E-state index in [0.717, 1.165) is 25.0 Å². The van der Waals surface area contributed by atoms with Gasteiger partial charge in [-0.15, -0.1) is 0 Å². The van der Waals surface area contributed by atoms with E-state index in [9.17, 15) is 0 Å². The van der Waals surface area contributed by atoms with E-state index in [1.807, 2.05) is 18.2 Å². The van der Waals surface area contributed by atoms with Crippen LogP contribution in [0.25, 0.3) is 0 Å². The molecule has 3 nitrogen and oxygen atoms in total. The molecule has 0 amide bonds. The standard InChI is InChI=1S/C13H18ClNO2/c1-16-13-5-4-9(7-11(13)14)10(8-15)12-3-2-6-17-12/h4-5,7,10,12H,2-3,6,8,15H2,1H3. The van der Waals surface area contributed by atoms with Crippen molar-refractivity contribution in [1.82, 2.24) is 0 Å². The molecule has 1 aliphatic heterocycles. The lowest BCUT2D eigenvalue weighted by molar-refractivity contribution is 0.0905. The molecule has 0 aliphatic carbocycles. The number of halogens is 1. The zero-order valence-corrected chi connectivity index (χ0v) is 10.7. The third-order valence-electron chi connectivity index (χ3n) is 3.27. The predicted octanol–water partition coefficient (Wildman–Crippen LogP) is 2.57. The molecule has 1 aromatic rings. The molecule has 2 unspecified atom stereocenters. The van der Waals surface area contributed by atoms with Crippen LogP contribution in [-0.4, -0.2) is 26.4 Å². The lowest BCUT2D eigenvalue weighted by Gasteiger charge is -2.22. The van der Waals surface area contributed by atoms with Crippen LogP contribution in [0, 0.1) is 0 Å². The van der Waals surface area contributed by atoms with E-state index in [-0.39, 0.29) is 12.0 Å². The van der Waals surface area contributed by atoms with E-state index in [0.29, 0.717) is 17.3 Å². The molecule has 1 fully saturated rings. The summed E-state index contributed by atoms with van der Waals surface area (Å²) in [6, 6.07) is 5.83. The van der Waals surface area contributed by atoms with E-state index in [1.54, 1.807) is 7.11 Å². The van der Waals surface area contributed by atoms with Gasteiger partial charge in [-0.2, -0.15) is 0 Å². The van der Waals surface area contributed by atoms with Gasteiger partial charge in [0.2, 0.25) is 0 Å². The molecule has 1 heterocycles. The van der Waals surface area contributed by atoms with Gasteiger partial charge in [0.1, 0.15) is 5.75 Å². The largest absolute Gasteiger partial charge is 0.495 e. The van der Waals surface area contributed by atoms with Gasteiger partial charge >= 0.3 is 0 Å². The van der Waals surface area contributed by atoms with Gasteiger partial charge in [0.15, 0.2) is 0 Å². The number of rotatable bonds is 4. The number of methoxy groups -OCH3 is 1. The van der Waals surface area contributed by atoms with Gasteiger partial charge in [0, 0.05) is 19.1 Å². The molecule has 0 spiro atoms. The summed E-state index contributed by atoms with van der Waals surface area (Å²) in [6.45, 7) is 1.42. The Kier molecular flexibility index (Phi) is 4.26. The highest BCUT2D eigenvalue weighted by atomic mass is 35.5. The maximum Gasteiger partial charge on any atom is 0.137 e. The maximum absolute atomic E-state index is 6.13. The number of ether oxygens (including phenoxy) is 2. The fourth-order valence-corrected chi connectivity index (χ4v) is 2.60. The second kappa shape index (κ2) is 5.71. The van der Waals surface area contributed by atoms with E-state index in [1.165, 1.54) is 0 Å². The summed E-state index contributed by atoms with van der Waals surface area (Å²) in [7, 11) is 1.61. The Labute approximate surface area is 107 Å². The van der Waals surface area contributed by atoms with Gasteiger partial charge in [0.05, 0.1) is 18.2 Å². The SMILES string of the molecule is COc1ccc(C(CN)C2CCCO2)cc1Cl. The zero-order valence-electron chi connectivity index (χ0n) is 9.99. The zero-order chi connectivity index (χ0) is 12.3. The van der Waals surface area contributed by atoms with Crippen molar-refractivity contribution >= 4 is 11.6 Å². The van der Waals surface area contributed by atoms with Gasteiger partial charge in [-0.25, -0.2) is 0 Å². The molecule has 1 aliphatic rings. The van der Waals surface area contributed by atoms with Gasteiger partial charge < -0.3 is 15.2 Å². The quantitative estimate of drug-likeness (QED) is 0.899. The maximum atomic E-state index is 6.13. The highest BCUT2D eigenvalue weighted by Gasteiger charge is 2.26. The van der Waals surface area contributed by atoms with Gasteiger partial charge in [-0.1, -0.05) is 17.7 Å². The lowest BCUT2D eigenvalue weighted by Crippen LogP contribution is -2.25. The number of nitrogens with two attached hydrogens (primary N) is 1. The number of hydrogen-bond acceptors (Lipinski definition) is 3. The van der Waals surface area contributed by atoms with Crippen LogP contribution < -0.4 is 10.5 Å². The van der Waals surface area contributed by atoms with Crippen LogP contribution in [0.5, 0.6) is 5.75 Å². The van der Waals surface area contributed by atoms with Crippen LogP contribution in [0.2, 0.25) is 5.02 Å². The molecule has 1 aromatic carbocycles. The second-order valence-electron chi connectivity index (χ2n) is 4.29. The van der Waals surface area contributed by atoms with Crippen LogP contribution in [0.3, 0.4) is 0 Å². The molecule has 1 saturated heterocycles. The smallest absolute Gasteiger partial charge is 0.137 e. The van der Waals surface area contributed by atoms with Crippen molar-refractivity contribution in [3.8, 4) is 5.75 Å². The van der Waals surface area contributed by atoms with Crippen molar-refractivity contribution in [1.29, 1.82) is 0 Å². The van der Waals surface area contributed by atoms with Crippen LogP contribution in [0.4, 0.5) is 0 Å². The molecule has 4 heteroatoms. The Balaban J connectivity index is 2.21. The molecule has 2 atom stereocenters. The summed E-state index contributed by atoms with van der Waals surface area (Å²) >= 11 is 6.13. The van der Waals surface area contributed by atoms with Crippen LogP contribution in [-0.2, 0) is 4.74 Å². The van der Waals surface area contributed by atoms with E-state index in [2.05, 4.69) is 0 Å². The fraction of sp³-hybridized carbons (Fsp3) is 0.538. The van der Waals surface area contributed by atoms with Crippen molar-refractivity contribution in [2.45, 2.75) is 24.9 Å². The van der Waals surface area contributed by atoms with Crippen LogP contribution in [0.1, 0.15) is 24.3 Å². The number of hydrogen-bond donors (Lipinski definition) is 1. The highest BCUT2D eigenvalue weighted by molar-refractivity contribution is 6.32. The minimum absolute atomic E-state index is 0.223. The molecule has 2 rings (SSSR count). The summed E-state index contributed by atoms with van der Waals surface area (Å²) in [5.74, 6) is 0.916. The Morgan fingerprint density at radius 2 is 2.41 bits per heavy atom. The first-order valence-electron chi connectivity index (χ1n) is 5.91. The van der Waals surface area contributed by atoms with E-state index >= 15 is 0 Å². The van der Waals surface area contributed by atoms with Gasteiger partial charge in [0.25, 0.3) is 0 Å². The third kappa shape index (κ3) is 2.73. The summed E-state index contributed by atoms with van der Waals surface area (Å²) in [5, 5.41) is 0.626. The molecule has 2 N–H and O–H groups in total. The Morgan fingerprint density at radius 3 is 2.94 bits per heavy atom. The minimum atomic E-state index is 0.223. The van der Waals surface area contributed by atoms with Crippen LogP contribution >= 0.6 is 11.6 Å². The average Bonchev–Trinajstić information content (AvgIpc) is 2.84. The summed E-state index contributed by atoms with van der Waals surface area (Å²) < 4.78 is 10.8. The molecule has 0 saturated carbocycles. The first-order chi connectivity index (χ1) is 8.26. The van der Waals surface area contributed by atoms with Crippen LogP contribution in [0.15, 0.2) is 18.2 Å². The van der Waals surface area contributed by atoms with E-state index < -0.39 is 0 Å². The molecule has 0 bridgehead atoms. The second-order valence-corrected chi connectivity index (χ2v) is 4.69. The lowest BCUT2D eigenvalue weighted by atomic mass is 9.92. The summed E-state index contributed by atoms with van der Waals surface area (Å²) in [6.07, 6.45) is 2.42. The highest BCUT2D eigenvalue weighted by Crippen LogP contribution is 2.32. The third-order valence-corrected chi connectivity index (χ3v) is 3.57. The molecule has 17 heavy (non-hydrogen) atoms. The first-order valence-corrected chi connectivity index (χ1v) is 6.29. The van der Waals surface area contributed by atoms with Gasteiger partial charge in [-0.3, -0.25) is 0 Å². The molecular formula is C13H18ClNO2. The van der Waals surface area contributed by atoms with Crippen molar-refractivity contribution in [2.24, 2.45) is 5.73 Å². The van der Waals surface area contributed by atoms with Gasteiger partial charge in [-0.05, 0) is 30.5 Å². The Morgan fingerprint density at radius 1 is 1.59 bits per heavy atom. The molecule has 0 radical (unpaired) electrons. The monoisotopic (exact) mass is 255 g/mol. The number of benzene rings is 1.